The van der Waals surface area contributed by atoms with Crippen LogP contribution in [0, 0.1) is 5.82 Å². The number of benzene rings is 1. The topological polar surface area (TPSA) is 59.8 Å². The van der Waals surface area contributed by atoms with E-state index in [1.165, 1.54) is 36.2 Å². The molecular formula is C22H23FN4O. The molecule has 1 aliphatic rings. The summed E-state index contributed by atoms with van der Waals surface area (Å²) in [4.78, 5) is 16.3. The van der Waals surface area contributed by atoms with E-state index >= 15 is 0 Å². The van der Waals surface area contributed by atoms with Gasteiger partial charge in [0, 0.05) is 35.8 Å². The highest BCUT2D eigenvalue weighted by molar-refractivity contribution is 5.78. The van der Waals surface area contributed by atoms with Crippen LogP contribution in [-0.2, 0) is 30.6 Å². The summed E-state index contributed by atoms with van der Waals surface area (Å²) in [5, 5.41) is 7.80. The molecule has 2 heterocycles. The number of nitrogens with one attached hydrogen (secondary N) is 1. The second-order valence-corrected chi connectivity index (χ2v) is 7.09. The fourth-order valence-electron chi connectivity index (χ4n) is 3.75. The van der Waals surface area contributed by atoms with Crippen LogP contribution in [0.15, 0.2) is 48.8 Å². The van der Waals surface area contributed by atoms with Gasteiger partial charge in [0.15, 0.2) is 0 Å². The second kappa shape index (κ2) is 8.33. The van der Waals surface area contributed by atoms with E-state index in [9.17, 15) is 9.18 Å². The molecule has 0 saturated carbocycles. The molecule has 5 nitrogen and oxygen atoms in total. The molecule has 0 fully saturated rings. The van der Waals surface area contributed by atoms with Gasteiger partial charge in [-0.25, -0.2) is 4.39 Å². The third-order valence-electron chi connectivity index (χ3n) is 5.13. The lowest BCUT2D eigenvalue weighted by atomic mass is 9.94. The third-order valence-corrected chi connectivity index (χ3v) is 5.13. The average Bonchev–Trinajstić information content (AvgIpc) is 3.09. The largest absolute Gasteiger partial charge is 0.354 e. The van der Waals surface area contributed by atoms with Crippen molar-refractivity contribution in [3.63, 3.8) is 0 Å². The molecule has 0 saturated heterocycles. The Bertz CT molecular complexity index is 951. The van der Waals surface area contributed by atoms with E-state index < -0.39 is 0 Å². The van der Waals surface area contributed by atoms with Crippen molar-refractivity contribution in [2.45, 2.75) is 38.6 Å². The van der Waals surface area contributed by atoms with Crippen LogP contribution in [0.3, 0.4) is 0 Å². The summed E-state index contributed by atoms with van der Waals surface area (Å²) in [6.45, 7) is 1.16. The molecule has 0 radical (unpaired) electrons. The maximum atomic E-state index is 13.0. The van der Waals surface area contributed by atoms with Gasteiger partial charge in [0.05, 0.1) is 18.7 Å². The van der Waals surface area contributed by atoms with Crippen LogP contribution in [0.5, 0.6) is 0 Å². The molecule has 1 N–H and O–H groups in total. The van der Waals surface area contributed by atoms with Crippen LogP contribution in [0.4, 0.5) is 4.39 Å². The average molecular weight is 378 g/mol. The van der Waals surface area contributed by atoms with E-state index in [0.29, 0.717) is 13.1 Å². The summed E-state index contributed by atoms with van der Waals surface area (Å²) in [6, 6.07) is 10.0. The summed E-state index contributed by atoms with van der Waals surface area (Å²) in [7, 11) is 0. The van der Waals surface area contributed by atoms with Crippen molar-refractivity contribution in [1.82, 2.24) is 20.1 Å². The monoisotopic (exact) mass is 378 g/mol. The summed E-state index contributed by atoms with van der Waals surface area (Å²) < 4.78 is 15.0. The summed E-state index contributed by atoms with van der Waals surface area (Å²) in [6.07, 6.45) is 8.26. The Kier molecular flexibility index (Phi) is 5.46. The lowest BCUT2D eigenvalue weighted by Gasteiger charge is -2.14. The summed E-state index contributed by atoms with van der Waals surface area (Å²) in [5.74, 6) is -0.361. The molecule has 0 unspecified atom stereocenters. The first-order chi connectivity index (χ1) is 13.7. The van der Waals surface area contributed by atoms with Gasteiger partial charge in [-0.15, -0.1) is 0 Å². The van der Waals surface area contributed by atoms with Gasteiger partial charge in [0.25, 0.3) is 0 Å². The van der Waals surface area contributed by atoms with E-state index in [1.54, 1.807) is 24.5 Å². The molecule has 144 valence electrons. The van der Waals surface area contributed by atoms with Crippen molar-refractivity contribution < 1.29 is 9.18 Å². The number of fused-ring (bicyclic) bond motifs is 1. The number of amides is 1. The van der Waals surface area contributed by atoms with Gasteiger partial charge in [-0.1, -0.05) is 12.1 Å². The number of aromatic nitrogens is 3. The summed E-state index contributed by atoms with van der Waals surface area (Å²) >= 11 is 0. The molecule has 1 aromatic carbocycles. The van der Waals surface area contributed by atoms with Gasteiger partial charge in [-0.2, -0.15) is 5.10 Å². The fourth-order valence-corrected chi connectivity index (χ4v) is 3.75. The fraction of sp³-hybridized carbons (Fsp3) is 0.318. The van der Waals surface area contributed by atoms with Gasteiger partial charge in [-0.05, 0) is 55.5 Å². The maximum absolute atomic E-state index is 13.0. The smallest absolute Gasteiger partial charge is 0.224 e. The predicted octanol–water partition coefficient (Wildman–Crippen LogP) is 3.32. The van der Waals surface area contributed by atoms with E-state index in [2.05, 4.69) is 10.3 Å². The molecule has 0 aliphatic heterocycles. The zero-order valence-corrected chi connectivity index (χ0v) is 15.7. The minimum atomic E-state index is -0.294. The van der Waals surface area contributed by atoms with Gasteiger partial charge in [0.1, 0.15) is 5.82 Å². The third kappa shape index (κ3) is 4.11. The van der Waals surface area contributed by atoms with Crippen LogP contribution < -0.4 is 5.32 Å². The van der Waals surface area contributed by atoms with Crippen LogP contribution >= 0.6 is 0 Å². The molecule has 1 amide bonds. The number of nitrogens with zero attached hydrogens (tertiary/aromatic N) is 3. The van der Waals surface area contributed by atoms with Crippen LogP contribution in [0.2, 0.25) is 0 Å². The Labute approximate surface area is 163 Å². The molecule has 28 heavy (non-hydrogen) atoms. The highest BCUT2D eigenvalue weighted by Crippen LogP contribution is 2.30. The van der Waals surface area contributed by atoms with Crippen LogP contribution in [0.1, 0.15) is 29.7 Å². The molecule has 6 heteroatoms. The summed E-state index contributed by atoms with van der Waals surface area (Å²) in [5.41, 5.74) is 5.54. The number of pyridine rings is 1. The van der Waals surface area contributed by atoms with Gasteiger partial charge < -0.3 is 5.32 Å². The number of rotatable bonds is 6. The molecule has 0 spiro atoms. The van der Waals surface area contributed by atoms with Gasteiger partial charge >= 0.3 is 0 Å². The van der Waals surface area contributed by atoms with Gasteiger partial charge in [0.2, 0.25) is 5.91 Å². The zero-order chi connectivity index (χ0) is 19.3. The maximum Gasteiger partial charge on any atom is 0.224 e. The number of halogens is 1. The minimum Gasteiger partial charge on any atom is -0.354 e. The quantitative estimate of drug-likeness (QED) is 0.716. The normalized spacial score (nSPS) is 13.2. The Balaban J connectivity index is 1.41. The van der Waals surface area contributed by atoms with Crippen molar-refractivity contribution in [3.05, 3.63) is 71.4 Å². The van der Waals surface area contributed by atoms with E-state index in [0.717, 1.165) is 29.7 Å². The molecule has 4 rings (SSSR count). The van der Waals surface area contributed by atoms with E-state index in [1.807, 2.05) is 16.8 Å². The minimum absolute atomic E-state index is 0.0676. The van der Waals surface area contributed by atoms with Gasteiger partial charge in [-0.3, -0.25) is 14.5 Å². The highest BCUT2D eigenvalue weighted by atomic mass is 19.1. The molecule has 2 aromatic heterocycles. The number of carbonyl (C=O) groups excluding carboxylic acids is 1. The van der Waals surface area contributed by atoms with Crippen LogP contribution in [0.25, 0.3) is 11.3 Å². The highest BCUT2D eigenvalue weighted by Gasteiger charge is 2.21. The zero-order valence-electron chi connectivity index (χ0n) is 15.7. The number of carbonyl (C=O) groups is 1. The molecular weight excluding hydrogens is 355 g/mol. The molecule has 0 atom stereocenters. The SMILES string of the molecule is O=C(Cc1ccc(F)cc1)NCCn1nc(-c2ccncc2)c2c1CCCC2. The lowest BCUT2D eigenvalue weighted by molar-refractivity contribution is -0.120. The van der Waals surface area contributed by atoms with Crippen LogP contribution in [-0.4, -0.2) is 27.2 Å². The molecule has 1 aliphatic carbocycles. The van der Waals surface area contributed by atoms with Crippen molar-refractivity contribution in [1.29, 1.82) is 0 Å². The molecule has 3 aromatic rings. The predicted molar refractivity (Wildman–Crippen MR) is 105 cm³/mol. The van der Waals surface area contributed by atoms with E-state index in [4.69, 9.17) is 5.10 Å². The number of hydrogen-bond donors (Lipinski definition) is 1. The first-order valence-electron chi connectivity index (χ1n) is 9.71. The Morgan fingerprint density at radius 1 is 1.07 bits per heavy atom. The Hall–Kier alpha value is -3.02. The Morgan fingerprint density at radius 2 is 1.82 bits per heavy atom. The van der Waals surface area contributed by atoms with E-state index in [-0.39, 0.29) is 18.1 Å². The lowest BCUT2D eigenvalue weighted by Crippen LogP contribution is -2.29. The standard InChI is InChI=1S/C22H23FN4O/c23-18-7-5-16(6-8-18)15-21(28)25-13-14-27-20-4-2-1-3-19(20)22(26-27)17-9-11-24-12-10-17/h5-12H,1-4,13-15H2,(H,25,28). The number of hydrogen-bond acceptors (Lipinski definition) is 3. The second-order valence-electron chi connectivity index (χ2n) is 7.09. The van der Waals surface area contributed by atoms with Crippen molar-refractivity contribution in [2.24, 2.45) is 0 Å². The first kappa shape index (κ1) is 18.3. The molecule has 0 bridgehead atoms. The Morgan fingerprint density at radius 3 is 2.61 bits per heavy atom. The van der Waals surface area contributed by atoms with Crippen molar-refractivity contribution in [3.8, 4) is 11.3 Å². The van der Waals surface area contributed by atoms with Crippen molar-refractivity contribution >= 4 is 5.91 Å². The van der Waals surface area contributed by atoms with Crippen molar-refractivity contribution in [2.75, 3.05) is 6.54 Å². The first-order valence-corrected chi connectivity index (χ1v) is 9.71.